The first-order chi connectivity index (χ1) is 8.24. The summed E-state index contributed by atoms with van der Waals surface area (Å²) in [5, 5.41) is 8.26. The van der Waals surface area contributed by atoms with Gasteiger partial charge in [-0.25, -0.2) is 10.9 Å². The lowest BCUT2D eigenvalue weighted by Gasteiger charge is -2.39. The molecule has 0 spiro atoms. The number of rotatable bonds is 0. The number of carbonyl (C=O) groups excluding carboxylic acids is 2. The maximum atomic E-state index is 11.7. The van der Waals surface area contributed by atoms with Crippen molar-refractivity contribution < 1.29 is 9.59 Å². The van der Waals surface area contributed by atoms with Crippen LogP contribution in [0, 0.1) is 23.7 Å². The summed E-state index contributed by atoms with van der Waals surface area (Å²) in [4.78, 5) is 23.4. The minimum atomic E-state index is -0.103. The van der Waals surface area contributed by atoms with E-state index in [4.69, 9.17) is 0 Å². The van der Waals surface area contributed by atoms with E-state index in [1.807, 2.05) is 0 Å². The summed E-state index contributed by atoms with van der Waals surface area (Å²) in [5.41, 5.74) is 7.05. The number of fused-ring (bicyclic) bond motifs is 6. The molecule has 0 radical (unpaired) electrons. The normalized spacial score (nSPS) is 42.1. The summed E-state index contributed by atoms with van der Waals surface area (Å²) in [7, 11) is 0. The standard InChI is InChI=1S/C11H12N4O2/c16-10-6-2-4-1-5(9(6)13-14-10)3-7-8(4)11(17)15-12-7/h4-6,8H,1-3H2,(H,14,16)(H,15,17)/t4-,5-,6-,8-/m1/s1. The molecule has 2 aliphatic carbocycles. The third-order valence-electron chi connectivity index (χ3n) is 4.39. The molecule has 2 fully saturated rings. The van der Waals surface area contributed by atoms with E-state index in [0.717, 1.165) is 30.7 Å². The van der Waals surface area contributed by atoms with Crippen molar-refractivity contribution in [1.29, 1.82) is 0 Å². The highest BCUT2D eigenvalue weighted by molar-refractivity contribution is 6.15. The molecule has 0 aromatic rings. The second-order valence-corrected chi connectivity index (χ2v) is 5.25. The minimum Gasteiger partial charge on any atom is -0.272 e. The maximum Gasteiger partial charge on any atom is 0.249 e. The fraction of sp³-hybridized carbons (Fsp3) is 0.636. The predicted octanol–water partition coefficient (Wildman–Crippen LogP) is -0.380. The highest BCUT2D eigenvalue weighted by atomic mass is 16.2. The minimum absolute atomic E-state index is 0.00208. The quantitative estimate of drug-likeness (QED) is 0.596. The first-order valence-electron chi connectivity index (χ1n) is 5.97. The van der Waals surface area contributed by atoms with Gasteiger partial charge in [0.15, 0.2) is 0 Å². The molecule has 2 aliphatic heterocycles. The zero-order valence-corrected chi connectivity index (χ0v) is 9.14. The van der Waals surface area contributed by atoms with E-state index in [0.29, 0.717) is 5.92 Å². The molecule has 0 unspecified atom stereocenters. The number of hydrogen-bond donors (Lipinski definition) is 2. The molecule has 4 aliphatic rings. The van der Waals surface area contributed by atoms with Crippen LogP contribution in [0.1, 0.15) is 19.3 Å². The first kappa shape index (κ1) is 9.32. The van der Waals surface area contributed by atoms with Crippen LogP contribution in [-0.2, 0) is 9.59 Å². The lowest BCUT2D eigenvalue weighted by atomic mass is 9.62. The van der Waals surface area contributed by atoms with E-state index in [1.54, 1.807) is 0 Å². The molecular formula is C11H12N4O2. The maximum absolute atomic E-state index is 11.7. The van der Waals surface area contributed by atoms with Crippen molar-refractivity contribution in [3.8, 4) is 0 Å². The monoisotopic (exact) mass is 232 g/mol. The van der Waals surface area contributed by atoms with Gasteiger partial charge in [-0.1, -0.05) is 0 Å². The number of amides is 2. The third kappa shape index (κ3) is 1.10. The summed E-state index contributed by atoms with van der Waals surface area (Å²) < 4.78 is 0. The Balaban J connectivity index is 1.73. The number of nitrogens with zero attached hydrogens (tertiary/aromatic N) is 2. The number of nitrogens with one attached hydrogen (secondary N) is 2. The molecule has 2 N–H and O–H groups in total. The van der Waals surface area contributed by atoms with Gasteiger partial charge in [0.25, 0.3) is 0 Å². The average molecular weight is 232 g/mol. The zero-order valence-electron chi connectivity index (χ0n) is 9.14. The van der Waals surface area contributed by atoms with Crippen LogP contribution >= 0.6 is 0 Å². The molecule has 2 amide bonds. The summed E-state index contributed by atoms with van der Waals surface area (Å²) in [6.07, 6.45) is 2.46. The van der Waals surface area contributed by atoms with Crippen molar-refractivity contribution in [2.24, 2.45) is 33.9 Å². The van der Waals surface area contributed by atoms with Gasteiger partial charge >= 0.3 is 0 Å². The molecular weight excluding hydrogens is 220 g/mol. The molecule has 0 saturated heterocycles. The van der Waals surface area contributed by atoms with Crippen molar-refractivity contribution in [2.75, 3.05) is 0 Å². The number of hydrogen-bond acceptors (Lipinski definition) is 4. The van der Waals surface area contributed by atoms with Gasteiger partial charge < -0.3 is 0 Å². The molecule has 88 valence electrons. The Hall–Kier alpha value is -1.72. The fourth-order valence-corrected chi connectivity index (χ4v) is 3.69. The molecule has 2 heterocycles. The topological polar surface area (TPSA) is 82.9 Å². The van der Waals surface area contributed by atoms with Crippen LogP contribution in [0.15, 0.2) is 10.2 Å². The van der Waals surface area contributed by atoms with E-state index in [2.05, 4.69) is 21.1 Å². The number of hydrazone groups is 2. The van der Waals surface area contributed by atoms with Gasteiger partial charge in [-0.05, 0) is 25.2 Å². The van der Waals surface area contributed by atoms with E-state index >= 15 is 0 Å². The largest absolute Gasteiger partial charge is 0.272 e. The van der Waals surface area contributed by atoms with E-state index < -0.39 is 0 Å². The molecule has 4 atom stereocenters. The van der Waals surface area contributed by atoms with E-state index in [1.165, 1.54) is 0 Å². The third-order valence-corrected chi connectivity index (χ3v) is 4.39. The lowest BCUT2D eigenvalue weighted by Crippen LogP contribution is -2.46. The van der Waals surface area contributed by atoms with Crippen LogP contribution in [0.25, 0.3) is 0 Å². The Morgan fingerprint density at radius 2 is 1.88 bits per heavy atom. The van der Waals surface area contributed by atoms with E-state index in [9.17, 15) is 9.59 Å². The van der Waals surface area contributed by atoms with Crippen molar-refractivity contribution in [2.45, 2.75) is 19.3 Å². The second-order valence-electron chi connectivity index (χ2n) is 5.25. The van der Waals surface area contributed by atoms with Crippen molar-refractivity contribution in [3.05, 3.63) is 0 Å². The Kier molecular flexibility index (Phi) is 1.61. The SMILES string of the molecule is O=C1NN=C2[C@H]3CC4=NNC(=O)[C@@H]4[C@H](C3)C[C@@H]12. The van der Waals surface area contributed by atoms with Gasteiger partial charge in [0.05, 0.1) is 23.3 Å². The smallest absolute Gasteiger partial charge is 0.249 e. The molecule has 0 aromatic carbocycles. The van der Waals surface area contributed by atoms with Crippen LogP contribution < -0.4 is 10.9 Å². The fourth-order valence-electron chi connectivity index (χ4n) is 3.69. The Morgan fingerprint density at radius 1 is 1.06 bits per heavy atom. The van der Waals surface area contributed by atoms with Gasteiger partial charge in [0.1, 0.15) is 0 Å². The highest BCUT2D eigenvalue weighted by Gasteiger charge is 2.51. The molecule has 6 nitrogen and oxygen atoms in total. The molecule has 2 bridgehead atoms. The summed E-state index contributed by atoms with van der Waals surface area (Å²) in [5.74, 6) is 0.342. The second kappa shape index (κ2) is 2.94. The lowest BCUT2D eigenvalue weighted by molar-refractivity contribution is -0.126. The molecule has 17 heavy (non-hydrogen) atoms. The van der Waals surface area contributed by atoms with Gasteiger partial charge in [0, 0.05) is 5.92 Å². The summed E-state index contributed by atoms with van der Waals surface area (Å²) >= 11 is 0. The van der Waals surface area contributed by atoms with Crippen molar-refractivity contribution in [3.63, 3.8) is 0 Å². The van der Waals surface area contributed by atoms with Crippen LogP contribution in [0.3, 0.4) is 0 Å². The first-order valence-corrected chi connectivity index (χ1v) is 5.97. The van der Waals surface area contributed by atoms with Crippen LogP contribution in [0.4, 0.5) is 0 Å². The molecule has 6 heteroatoms. The van der Waals surface area contributed by atoms with Gasteiger partial charge in [-0.15, -0.1) is 0 Å². The molecule has 2 saturated carbocycles. The van der Waals surface area contributed by atoms with Crippen molar-refractivity contribution >= 4 is 23.2 Å². The predicted molar refractivity (Wildman–Crippen MR) is 59.0 cm³/mol. The van der Waals surface area contributed by atoms with Crippen LogP contribution in [0.2, 0.25) is 0 Å². The van der Waals surface area contributed by atoms with Crippen molar-refractivity contribution in [1.82, 2.24) is 10.9 Å². The van der Waals surface area contributed by atoms with E-state index in [-0.39, 0.29) is 29.6 Å². The number of carbonyl (C=O) groups is 2. The Bertz CT molecular complexity index is 496. The highest BCUT2D eigenvalue weighted by Crippen LogP contribution is 2.45. The Morgan fingerprint density at radius 3 is 2.76 bits per heavy atom. The summed E-state index contributed by atoms with van der Waals surface area (Å²) in [6.45, 7) is 0. The zero-order chi connectivity index (χ0) is 11.6. The van der Waals surface area contributed by atoms with Crippen LogP contribution in [0.5, 0.6) is 0 Å². The average Bonchev–Trinajstić information content (AvgIpc) is 2.85. The van der Waals surface area contributed by atoms with Gasteiger partial charge in [-0.2, -0.15) is 10.2 Å². The van der Waals surface area contributed by atoms with Gasteiger partial charge in [-0.3, -0.25) is 9.59 Å². The summed E-state index contributed by atoms with van der Waals surface area (Å²) in [6, 6.07) is 0. The van der Waals surface area contributed by atoms with Crippen LogP contribution in [-0.4, -0.2) is 23.2 Å². The Labute approximate surface area is 97.5 Å². The molecule has 4 rings (SSSR count). The van der Waals surface area contributed by atoms with Gasteiger partial charge in [0.2, 0.25) is 11.8 Å². The molecule has 0 aromatic heterocycles.